The average Bonchev–Trinajstić information content (AvgIpc) is 3.61. The summed E-state index contributed by atoms with van der Waals surface area (Å²) in [7, 11) is -4.01. The Labute approximate surface area is 215 Å². The number of urea groups is 1. The van der Waals surface area contributed by atoms with Crippen LogP contribution >= 0.6 is 0 Å². The van der Waals surface area contributed by atoms with Crippen LogP contribution in [0.2, 0.25) is 0 Å². The predicted octanol–water partition coefficient (Wildman–Crippen LogP) is 4.25. The summed E-state index contributed by atoms with van der Waals surface area (Å²) in [5.41, 5.74) is -0.0825. The molecule has 2 aliphatic rings. The number of rotatable bonds is 8. The number of hydrogen-bond donors (Lipinski definition) is 2. The van der Waals surface area contributed by atoms with Gasteiger partial charge in [-0.2, -0.15) is 8.42 Å². The molecule has 14 heteroatoms. The first kappa shape index (κ1) is 25.3. The number of carbonyl (C=O) groups excluding carboxylic acids is 2. The normalized spacial score (nSPS) is 16.6. The summed E-state index contributed by atoms with van der Waals surface area (Å²) in [4.78, 5) is 32.8. The summed E-state index contributed by atoms with van der Waals surface area (Å²) >= 11 is 0. The number of nitrogens with zero attached hydrogens (tertiary/aromatic N) is 3. The molecular weight excluding hydrogens is 527 g/mol. The lowest BCUT2D eigenvalue weighted by Crippen LogP contribution is -2.36. The molecule has 1 saturated carbocycles. The van der Waals surface area contributed by atoms with Gasteiger partial charge in [0.25, 0.3) is 5.91 Å². The maximum atomic E-state index is 13.3. The molecule has 2 N–H and O–H groups in total. The van der Waals surface area contributed by atoms with Crippen molar-refractivity contribution in [2.24, 2.45) is 0 Å². The van der Waals surface area contributed by atoms with E-state index < -0.39 is 39.8 Å². The van der Waals surface area contributed by atoms with Crippen molar-refractivity contribution in [1.29, 1.82) is 0 Å². The zero-order chi connectivity index (χ0) is 27.1. The van der Waals surface area contributed by atoms with Gasteiger partial charge in [-0.3, -0.25) is 14.2 Å². The van der Waals surface area contributed by atoms with Crippen LogP contribution in [0.25, 0.3) is 0 Å². The summed E-state index contributed by atoms with van der Waals surface area (Å²) in [6.07, 6.45) is -2.65. The zero-order valence-corrected chi connectivity index (χ0v) is 20.3. The molecule has 0 bridgehead atoms. The van der Waals surface area contributed by atoms with E-state index >= 15 is 0 Å². The third-order valence-corrected chi connectivity index (χ3v) is 7.00. The highest BCUT2D eigenvalue weighted by Gasteiger charge is 2.65. The number of aromatic nitrogens is 1. The number of imide groups is 1. The predicted molar refractivity (Wildman–Crippen MR) is 130 cm³/mol. The highest BCUT2D eigenvalue weighted by Crippen LogP contribution is 2.49. The minimum absolute atomic E-state index is 0.00543. The molecule has 5 rings (SSSR count). The van der Waals surface area contributed by atoms with E-state index in [4.69, 9.17) is 0 Å². The largest absolute Gasteiger partial charge is 0.573 e. The topological polar surface area (TPSA) is 121 Å². The Bertz CT molecular complexity index is 1480. The van der Waals surface area contributed by atoms with Gasteiger partial charge in [0.1, 0.15) is 17.1 Å². The van der Waals surface area contributed by atoms with Crippen molar-refractivity contribution in [2.75, 3.05) is 14.3 Å². The van der Waals surface area contributed by atoms with Gasteiger partial charge >= 0.3 is 22.6 Å². The van der Waals surface area contributed by atoms with Crippen molar-refractivity contribution in [3.8, 4) is 5.75 Å². The van der Waals surface area contributed by atoms with Gasteiger partial charge in [-0.15, -0.1) is 13.2 Å². The van der Waals surface area contributed by atoms with Crippen molar-refractivity contribution in [3.05, 3.63) is 78.5 Å². The molecule has 10 nitrogen and oxygen atoms in total. The quantitative estimate of drug-likeness (QED) is 0.407. The van der Waals surface area contributed by atoms with Crippen LogP contribution in [0.15, 0.2) is 72.9 Å². The van der Waals surface area contributed by atoms with Gasteiger partial charge in [0.15, 0.2) is 0 Å². The van der Waals surface area contributed by atoms with E-state index in [9.17, 15) is 31.2 Å². The van der Waals surface area contributed by atoms with Crippen LogP contribution < -0.4 is 19.1 Å². The first-order valence-corrected chi connectivity index (χ1v) is 12.8. The first-order chi connectivity index (χ1) is 18.0. The summed E-state index contributed by atoms with van der Waals surface area (Å²) in [5.74, 6) is -0.952. The molecule has 3 amide bonds. The fraction of sp³-hybridized carbons (Fsp3) is 0.208. The van der Waals surface area contributed by atoms with E-state index in [1.54, 1.807) is 36.4 Å². The summed E-state index contributed by atoms with van der Waals surface area (Å²) in [6.45, 7) is -0.0142. The molecule has 2 aromatic carbocycles. The molecule has 38 heavy (non-hydrogen) atoms. The Balaban J connectivity index is 1.32. The van der Waals surface area contributed by atoms with E-state index in [2.05, 4.69) is 19.2 Å². The molecule has 0 radical (unpaired) electrons. The Morgan fingerprint density at radius 3 is 2.29 bits per heavy atom. The smallest absolute Gasteiger partial charge is 0.406 e. The van der Waals surface area contributed by atoms with Crippen LogP contribution in [0.4, 0.5) is 35.2 Å². The lowest BCUT2D eigenvalue weighted by atomic mass is 10.2. The summed E-state index contributed by atoms with van der Waals surface area (Å²) in [6, 6.07) is 15.1. The van der Waals surface area contributed by atoms with E-state index in [0.29, 0.717) is 24.1 Å². The number of alkyl halides is 3. The number of carbonyl (C=O) groups is 2. The van der Waals surface area contributed by atoms with E-state index in [-0.39, 0.29) is 18.1 Å². The molecule has 0 unspecified atom stereocenters. The lowest BCUT2D eigenvalue weighted by molar-refractivity contribution is -0.274. The van der Waals surface area contributed by atoms with Gasteiger partial charge in [-0.1, -0.05) is 18.2 Å². The molecule has 1 aliphatic carbocycles. The second-order valence-electron chi connectivity index (χ2n) is 8.71. The lowest BCUT2D eigenvalue weighted by Gasteiger charge is -2.21. The zero-order valence-electron chi connectivity index (χ0n) is 19.5. The maximum Gasteiger partial charge on any atom is 0.573 e. The van der Waals surface area contributed by atoms with Crippen molar-refractivity contribution in [1.82, 2.24) is 9.88 Å². The van der Waals surface area contributed by atoms with E-state index in [0.717, 1.165) is 17.0 Å². The maximum absolute atomic E-state index is 13.3. The van der Waals surface area contributed by atoms with Gasteiger partial charge in [-0.05, 0) is 66.9 Å². The number of pyridine rings is 1. The van der Waals surface area contributed by atoms with Crippen molar-refractivity contribution in [2.45, 2.75) is 31.3 Å². The van der Waals surface area contributed by atoms with Gasteiger partial charge in [0.05, 0.1) is 11.4 Å². The monoisotopic (exact) mass is 547 g/mol. The van der Waals surface area contributed by atoms with Crippen LogP contribution in [0.1, 0.15) is 18.4 Å². The molecule has 0 atom stereocenters. The van der Waals surface area contributed by atoms with Crippen LogP contribution in [-0.2, 0) is 21.5 Å². The fourth-order valence-corrected chi connectivity index (χ4v) is 5.08. The number of anilines is 3. The third kappa shape index (κ3) is 5.20. The second-order valence-corrected chi connectivity index (χ2v) is 10.1. The number of ether oxygens (including phenoxy) is 1. The van der Waals surface area contributed by atoms with Gasteiger partial charge in [0.2, 0.25) is 0 Å². The minimum Gasteiger partial charge on any atom is -0.406 e. The number of benzene rings is 2. The first-order valence-electron chi connectivity index (χ1n) is 11.3. The number of para-hydroxylation sites is 1. The van der Waals surface area contributed by atoms with E-state index in [1.807, 2.05) is 0 Å². The SMILES string of the molecule is O=C1N(c2ccc(OC(F)(F)F)cc2)C(=O)C2(CC2)N1Cc1ccnc(NS(=O)(=O)Nc2ccccc2)c1. The molecule has 1 aliphatic heterocycles. The molecule has 1 spiro atoms. The van der Waals surface area contributed by atoms with Crippen molar-refractivity contribution < 1.29 is 35.9 Å². The second kappa shape index (κ2) is 9.20. The Hall–Kier alpha value is -4.33. The van der Waals surface area contributed by atoms with Crippen LogP contribution in [0.3, 0.4) is 0 Å². The highest BCUT2D eigenvalue weighted by atomic mass is 32.2. The standard InChI is InChI=1S/C24H20F3N5O5S/c25-24(26,27)37-19-8-6-18(7-9-19)32-21(33)23(11-12-23)31(22(32)34)15-16-10-13-28-20(14-16)30-38(35,36)29-17-4-2-1-3-5-17/h1-10,13-14,29H,11-12,15H2,(H,28,30). The molecule has 2 heterocycles. The Morgan fingerprint density at radius 2 is 1.66 bits per heavy atom. The molecule has 198 valence electrons. The van der Waals surface area contributed by atoms with Gasteiger partial charge in [-0.25, -0.2) is 14.7 Å². The minimum atomic E-state index is -4.87. The van der Waals surface area contributed by atoms with Gasteiger partial charge < -0.3 is 9.64 Å². The third-order valence-electron chi connectivity index (χ3n) is 6.02. The van der Waals surface area contributed by atoms with Gasteiger partial charge in [0, 0.05) is 12.7 Å². The average molecular weight is 548 g/mol. The highest BCUT2D eigenvalue weighted by molar-refractivity contribution is 7.94. The summed E-state index contributed by atoms with van der Waals surface area (Å²) < 4.78 is 70.9. The molecular formula is C24H20F3N5O5S. The van der Waals surface area contributed by atoms with Crippen LogP contribution in [-0.4, -0.2) is 42.1 Å². The number of hydrogen-bond acceptors (Lipinski definition) is 6. The number of nitrogens with one attached hydrogen (secondary N) is 2. The number of amides is 3. The Morgan fingerprint density at radius 1 is 0.974 bits per heavy atom. The molecule has 1 aromatic heterocycles. The van der Waals surface area contributed by atoms with Crippen LogP contribution in [0, 0.1) is 0 Å². The van der Waals surface area contributed by atoms with Crippen LogP contribution in [0.5, 0.6) is 5.75 Å². The van der Waals surface area contributed by atoms with Crippen molar-refractivity contribution >= 4 is 39.3 Å². The van der Waals surface area contributed by atoms with E-state index in [1.165, 1.54) is 29.3 Å². The Kier molecular flexibility index (Phi) is 6.13. The number of halogens is 3. The molecule has 2 fully saturated rings. The molecule has 1 saturated heterocycles. The fourth-order valence-electron chi connectivity index (χ4n) is 4.20. The van der Waals surface area contributed by atoms with Crippen molar-refractivity contribution in [3.63, 3.8) is 0 Å². The summed E-state index contributed by atoms with van der Waals surface area (Å²) in [5, 5.41) is 0. The molecule has 3 aromatic rings.